The van der Waals surface area contributed by atoms with Gasteiger partial charge in [-0.1, -0.05) is 32.2 Å². The quantitative estimate of drug-likeness (QED) is 0.288. The highest BCUT2D eigenvalue weighted by molar-refractivity contribution is 5.91. The standard InChI is InChI=1S/C21H28O8/c1-9-11-4-6-21(3)7-5-12(10(2)14(21)18(11)29-19(9)26)27-20-17(25)16(24)15(23)13(8-22)28-20/h5,7,11-18,20,22-25H,1-2,4,6,8H2,3H3/t11-,12+,13+,14+,15+,16-,17+,18-,20+,21-/m0/s1. The molecule has 2 aliphatic carbocycles. The second kappa shape index (κ2) is 7.30. The van der Waals surface area contributed by atoms with Gasteiger partial charge < -0.3 is 34.6 Å². The number of hydrogen-bond acceptors (Lipinski definition) is 8. The van der Waals surface area contributed by atoms with E-state index in [2.05, 4.69) is 20.1 Å². The van der Waals surface area contributed by atoms with Gasteiger partial charge in [0.15, 0.2) is 6.29 Å². The van der Waals surface area contributed by atoms with Crippen LogP contribution in [0.4, 0.5) is 0 Å². The third kappa shape index (κ3) is 3.19. The number of allylic oxidation sites excluding steroid dienone is 1. The topological polar surface area (TPSA) is 126 Å². The summed E-state index contributed by atoms with van der Waals surface area (Å²) < 4.78 is 17.0. The molecule has 2 saturated heterocycles. The molecule has 4 rings (SSSR count). The van der Waals surface area contributed by atoms with Crippen LogP contribution in [0.5, 0.6) is 0 Å². The maximum absolute atomic E-state index is 12.1. The van der Waals surface area contributed by atoms with E-state index in [0.717, 1.165) is 12.8 Å². The van der Waals surface area contributed by atoms with Crippen LogP contribution >= 0.6 is 0 Å². The molecule has 10 atom stereocenters. The van der Waals surface area contributed by atoms with E-state index in [-0.39, 0.29) is 29.3 Å². The molecule has 0 radical (unpaired) electrons. The summed E-state index contributed by atoms with van der Waals surface area (Å²) in [5, 5.41) is 39.6. The van der Waals surface area contributed by atoms with Crippen LogP contribution in [-0.4, -0.2) is 75.9 Å². The molecule has 0 aromatic heterocycles. The number of rotatable bonds is 3. The fraction of sp³-hybridized carbons (Fsp3) is 0.667. The van der Waals surface area contributed by atoms with E-state index in [1.807, 2.05) is 12.2 Å². The van der Waals surface area contributed by atoms with Gasteiger partial charge in [-0.25, -0.2) is 4.79 Å². The molecule has 3 fully saturated rings. The lowest BCUT2D eigenvalue weighted by molar-refractivity contribution is -0.306. The van der Waals surface area contributed by atoms with E-state index in [1.54, 1.807) is 0 Å². The van der Waals surface area contributed by atoms with Gasteiger partial charge in [-0.3, -0.25) is 0 Å². The van der Waals surface area contributed by atoms with Crippen molar-refractivity contribution < 1.29 is 39.4 Å². The molecule has 0 bridgehead atoms. The first-order chi connectivity index (χ1) is 13.7. The Kier molecular flexibility index (Phi) is 5.21. The molecular weight excluding hydrogens is 380 g/mol. The van der Waals surface area contributed by atoms with Crippen molar-refractivity contribution in [2.45, 2.75) is 62.7 Å². The summed E-state index contributed by atoms with van der Waals surface area (Å²) in [7, 11) is 0. The Bertz CT molecular complexity index is 745. The highest BCUT2D eigenvalue weighted by Gasteiger charge is 2.56. The lowest BCUT2D eigenvalue weighted by atomic mass is 9.57. The van der Waals surface area contributed by atoms with Crippen molar-refractivity contribution in [2.75, 3.05) is 6.61 Å². The van der Waals surface area contributed by atoms with Gasteiger partial charge in [0.25, 0.3) is 0 Å². The molecule has 1 saturated carbocycles. The number of fused-ring (bicyclic) bond motifs is 3. The molecule has 29 heavy (non-hydrogen) atoms. The summed E-state index contributed by atoms with van der Waals surface area (Å²) in [6.45, 7) is 9.64. The lowest BCUT2D eigenvalue weighted by Crippen LogP contribution is -2.60. The van der Waals surface area contributed by atoms with E-state index >= 15 is 0 Å². The second-order valence-corrected chi connectivity index (χ2v) is 8.71. The van der Waals surface area contributed by atoms with Crippen LogP contribution in [-0.2, 0) is 19.0 Å². The van der Waals surface area contributed by atoms with Crippen molar-refractivity contribution >= 4 is 5.97 Å². The fourth-order valence-electron chi connectivity index (χ4n) is 5.15. The highest BCUT2D eigenvalue weighted by atomic mass is 16.7. The number of ether oxygens (including phenoxy) is 3. The molecule has 4 N–H and O–H groups in total. The zero-order valence-corrected chi connectivity index (χ0v) is 16.3. The maximum atomic E-state index is 12.1. The van der Waals surface area contributed by atoms with Crippen LogP contribution in [0.1, 0.15) is 19.8 Å². The van der Waals surface area contributed by atoms with Gasteiger partial charge in [0, 0.05) is 17.4 Å². The Morgan fingerprint density at radius 3 is 2.66 bits per heavy atom. The predicted molar refractivity (Wildman–Crippen MR) is 100 cm³/mol. The normalized spacial score (nSPS) is 49.6. The molecule has 2 heterocycles. The van der Waals surface area contributed by atoms with Gasteiger partial charge in [-0.2, -0.15) is 0 Å². The van der Waals surface area contributed by atoms with Crippen molar-refractivity contribution in [2.24, 2.45) is 17.3 Å². The number of aliphatic hydroxyl groups excluding tert-OH is 4. The van der Waals surface area contributed by atoms with E-state index in [1.165, 1.54) is 0 Å². The Balaban J connectivity index is 1.56. The molecule has 4 aliphatic rings. The number of esters is 1. The molecule has 2 aliphatic heterocycles. The largest absolute Gasteiger partial charge is 0.458 e. The molecule has 0 amide bonds. The third-order valence-electron chi connectivity index (χ3n) is 6.93. The van der Waals surface area contributed by atoms with Gasteiger partial charge in [0.1, 0.15) is 36.6 Å². The van der Waals surface area contributed by atoms with Crippen molar-refractivity contribution in [3.63, 3.8) is 0 Å². The Morgan fingerprint density at radius 2 is 1.97 bits per heavy atom. The minimum atomic E-state index is -1.52. The molecule has 0 spiro atoms. The maximum Gasteiger partial charge on any atom is 0.334 e. The summed E-state index contributed by atoms with van der Waals surface area (Å²) in [5.41, 5.74) is 0.924. The van der Waals surface area contributed by atoms with Crippen LogP contribution < -0.4 is 0 Å². The van der Waals surface area contributed by atoms with Crippen molar-refractivity contribution in [1.82, 2.24) is 0 Å². The second-order valence-electron chi connectivity index (χ2n) is 8.71. The molecule has 0 aromatic rings. The molecule has 0 unspecified atom stereocenters. The third-order valence-corrected chi connectivity index (χ3v) is 6.93. The average molecular weight is 408 g/mol. The Morgan fingerprint density at radius 1 is 1.24 bits per heavy atom. The van der Waals surface area contributed by atoms with Crippen LogP contribution in [0.15, 0.2) is 36.5 Å². The van der Waals surface area contributed by atoms with Crippen LogP contribution in [0.2, 0.25) is 0 Å². The summed E-state index contributed by atoms with van der Waals surface area (Å²) in [4.78, 5) is 12.1. The first kappa shape index (κ1) is 20.7. The summed E-state index contributed by atoms with van der Waals surface area (Å²) >= 11 is 0. The monoisotopic (exact) mass is 408 g/mol. The van der Waals surface area contributed by atoms with E-state index in [4.69, 9.17) is 14.2 Å². The van der Waals surface area contributed by atoms with Crippen molar-refractivity contribution in [3.8, 4) is 0 Å². The van der Waals surface area contributed by atoms with Gasteiger partial charge in [-0.15, -0.1) is 0 Å². The van der Waals surface area contributed by atoms with Crippen LogP contribution in [0.3, 0.4) is 0 Å². The molecule has 0 aromatic carbocycles. The minimum absolute atomic E-state index is 0.0586. The highest BCUT2D eigenvalue weighted by Crippen LogP contribution is 2.55. The van der Waals surface area contributed by atoms with Gasteiger partial charge in [0.2, 0.25) is 0 Å². The number of hydrogen-bond donors (Lipinski definition) is 4. The molecule has 8 heteroatoms. The zero-order valence-electron chi connectivity index (χ0n) is 16.3. The van der Waals surface area contributed by atoms with Gasteiger partial charge in [0.05, 0.1) is 6.61 Å². The van der Waals surface area contributed by atoms with Crippen LogP contribution in [0, 0.1) is 17.3 Å². The first-order valence-corrected chi connectivity index (χ1v) is 9.91. The van der Waals surface area contributed by atoms with Crippen LogP contribution in [0.25, 0.3) is 0 Å². The molecular formula is C21H28O8. The minimum Gasteiger partial charge on any atom is -0.458 e. The van der Waals surface area contributed by atoms with Crippen molar-refractivity contribution in [1.29, 1.82) is 0 Å². The average Bonchev–Trinajstić information content (AvgIpc) is 2.97. The van der Waals surface area contributed by atoms with E-state index < -0.39 is 43.4 Å². The summed E-state index contributed by atoms with van der Waals surface area (Å²) in [6, 6.07) is 0. The lowest BCUT2D eigenvalue weighted by Gasteiger charge is -2.50. The number of carbonyl (C=O) groups is 1. The van der Waals surface area contributed by atoms with E-state index in [9.17, 15) is 25.2 Å². The van der Waals surface area contributed by atoms with E-state index in [0.29, 0.717) is 11.1 Å². The summed E-state index contributed by atoms with van der Waals surface area (Å²) in [6.07, 6.45) is -2.31. The number of carbonyl (C=O) groups excluding carboxylic acids is 1. The van der Waals surface area contributed by atoms with Crippen molar-refractivity contribution in [3.05, 3.63) is 36.5 Å². The summed E-state index contributed by atoms with van der Waals surface area (Å²) in [5.74, 6) is -0.626. The zero-order chi connectivity index (χ0) is 21.1. The fourth-order valence-corrected chi connectivity index (χ4v) is 5.15. The number of aliphatic hydroxyl groups is 4. The SMILES string of the molecule is C=C1[C@@H]2[C@H]3OC(=O)C(=C)[C@@H]3CC[C@@]2(C)C=C[C@H]1O[C@@H]1O[C@H](CO)[C@@H](O)[C@H](O)[C@H]1O. The Hall–Kier alpha value is -1.55. The molecule has 160 valence electrons. The van der Waals surface area contributed by atoms with Gasteiger partial charge in [-0.05, 0) is 23.8 Å². The first-order valence-electron chi connectivity index (χ1n) is 9.91. The molecule has 8 nitrogen and oxygen atoms in total. The predicted octanol–water partition coefficient (Wildman–Crippen LogP) is -0.188. The smallest absolute Gasteiger partial charge is 0.334 e. The Labute approximate surface area is 169 Å². The van der Waals surface area contributed by atoms with Gasteiger partial charge >= 0.3 is 5.97 Å².